The van der Waals surface area contributed by atoms with Gasteiger partial charge >= 0.3 is 0 Å². The Bertz CT molecular complexity index is 2180. The smallest absolute Gasteiger partial charge is 0.143 e. The molecule has 8 atom stereocenters. The summed E-state index contributed by atoms with van der Waals surface area (Å²) >= 11 is 2.12. The summed E-state index contributed by atoms with van der Waals surface area (Å²) in [7, 11) is 0. The molecule has 5 nitrogen and oxygen atoms in total. The fraction of sp³-hybridized carbons (Fsp3) is 0.631. The molecule has 4 heterocycles. The molecule has 4 aromatic carbocycles. The van der Waals surface area contributed by atoms with Gasteiger partial charge in [0.05, 0.1) is 17.4 Å². The summed E-state index contributed by atoms with van der Waals surface area (Å²) in [5.41, 5.74) is 9.74. The van der Waals surface area contributed by atoms with Crippen LogP contribution in [0.15, 0.2) is 102 Å². The van der Waals surface area contributed by atoms with Gasteiger partial charge in [0.25, 0.3) is 0 Å². The molecular formula is C65H94N4OS. The van der Waals surface area contributed by atoms with Gasteiger partial charge in [0.1, 0.15) is 11.9 Å². The van der Waals surface area contributed by atoms with E-state index < -0.39 is 0 Å². The van der Waals surface area contributed by atoms with Gasteiger partial charge in [0.2, 0.25) is 0 Å². The maximum Gasteiger partial charge on any atom is 0.143 e. The third-order valence-corrected chi connectivity index (χ3v) is 18.7. The standard InChI is InChI=1S/C17H25N.C16H23NO.C16H23NS.C16H23N/c1-17(2,3)18-15-10-6-4-8-13(15)12-14-9-5-7-11-16(14)18;2*1-16(2,3)17-12-8-4-6-10-14(12)18-15-11-7-5-9-13(15)17;1-16(2,3)17-14-10-6-4-8-12(14)13-9-5-7-11-15(13)17/h4,6,8,10,14,16H,5,7,9,11-12H2,1-3H3;2*4,6,8,10,13,15H,5,7,9,11H2,1-3H3;4,6,8,10,13,15H,5,7,9,11H2,1-3H3. The number of hydrogen-bond donors (Lipinski definition) is 0. The van der Waals surface area contributed by atoms with Crippen molar-refractivity contribution in [3.8, 4) is 5.75 Å². The Kier molecular flexibility index (Phi) is 15.6. The minimum Gasteiger partial charge on any atom is -0.486 e. The Labute approximate surface area is 437 Å². The van der Waals surface area contributed by atoms with E-state index in [0.29, 0.717) is 12.1 Å². The van der Waals surface area contributed by atoms with Crippen LogP contribution in [0, 0.1) is 5.92 Å². The fourth-order valence-corrected chi connectivity index (χ4v) is 16.2. The first kappa shape index (κ1) is 52.1. The van der Waals surface area contributed by atoms with Crippen LogP contribution in [0.25, 0.3) is 0 Å². The molecule has 0 spiro atoms. The van der Waals surface area contributed by atoms with Crippen molar-refractivity contribution in [2.45, 2.75) is 261 Å². The van der Waals surface area contributed by atoms with Crippen molar-refractivity contribution >= 4 is 34.5 Å². The summed E-state index contributed by atoms with van der Waals surface area (Å²) in [5.74, 6) is 2.74. The van der Waals surface area contributed by atoms with E-state index >= 15 is 0 Å². The van der Waals surface area contributed by atoms with Crippen LogP contribution in [0.3, 0.4) is 0 Å². The van der Waals surface area contributed by atoms with Gasteiger partial charge in [-0.3, -0.25) is 0 Å². The van der Waals surface area contributed by atoms with E-state index in [-0.39, 0.29) is 22.2 Å². The lowest BCUT2D eigenvalue weighted by Crippen LogP contribution is -2.58. The van der Waals surface area contributed by atoms with Gasteiger partial charge in [-0.1, -0.05) is 106 Å². The zero-order chi connectivity index (χ0) is 50.3. The average molecular weight is 980 g/mol. The molecule has 71 heavy (non-hydrogen) atoms. The van der Waals surface area contributed by atoms with Gasteiger partial charge in [-0.15, -0.1) is 11.8 Å². The number of benzene rings is 4. The largest absolute Gasteiger partial charge is 0.486 e. The van der Waals surface area contributed by atoms with Crippen LogP contribution in [-0.4, -0.2) is 57.7 Å². The minimum absolute atomic E-state index is 0.153. The van der Waals surface area contributed by atoms with E-state index in [4.69, 9.17) is 4.74 Å². The molecule has 4 aliphatic heterocycles. The molecule has 4 aliphatic carbocycles. The number of thioether (sulfide) groups is 1. The molecule has 0 bridgehead atoms. The van der Waals surface area contributed by atoms with E-state index in [9.17, 15) is 0 Å². The highest BCUT2D eigenvalue weighted by atomic mass is 32.2. The summed E-state index contributed by atoms with van der Waals surface area (Å²) in [5, 5.41) is 0.799. The number of fused-ring (bicyclic) bond motifs is 9. The van der Waals surface area contributed by atoms with Crippen LogP contribution in [0.2, 0.25) is 0 Å². The Morgan fingerprint density at radius 1 is 0.408 bits per heavy atom. The highest BCUT2D eigenvalue weighted by molar-refractivity contribution is 8.00. The van der Waals surface area contributed by atoms with Crippen LogP contribution in [-0.2, 0) is 6.42 Å². The summed E-state index contributed by atoms with van der Waals surface area (Å²) in [6, 6.07) is 38.4. The van der Waals surface area contributed by atoms with Crippen LogP contribution in [0.5, 0.6) is 5.75 Å². The van der Waals surface area contributed by atoms with Crippen molar-refractivity contribution in [1.29, 1.82) is 0 Å². The molecule has 8 aliphatic rings. The van der Waals surface area contributed by atoms with Gasteiger partial charge < -0.3 is 24.3 Å². The Morgan fingerprint density at radius 3 is 1.56 bits per heavy atom. The number of hydrogen-bond acceptors (Lipinski definition) is 6. The Balaban J connectivity index is 0.000000117. The van der Waals surface area contributed by atoms with E-state index in [2.05, 4.69) is 212 Å². The number of nitrogens with zero attached hydrogens (tertiary/aromatic N) is 4. The van der Waals surface area contributed by atoms with E-state index in [1.165, 1.54) is 137 Å². The molecule has 0 aromatic heterocycles. The highest BCUT2D eigenvalue weighted by Gasteiger charge is 2.45. The van der Waals surface area contributed by atoms with Gasteiger partial charge in [-0.05, 0) is 201 Å². The predicted molar refractivity (Wildman–Crippen MR) is 308 cm³/mol. The van der Waals surface area contributed by atoms with Crippen molar-refractivity contribution < 1.29 is 4.74 Å². The quantitative estimate of drug-likeness (QED) is 0.174. The first-order valence-electron chi connectivity index (χ1n) is 28.7. The highest BCUT2D eigenvalue weighted by Crippen LogP contribution is 2.52. The van der Waals surface area contributed by atoms with Crippen molar-refractivity contribution in [2.24, 2.45) is 5.92 Å². The molecule has 0 saturated heterocycles. The normalized spacial score (nSPS) is 27.5. The van der Waals surface area contributed by atoms with Gasteiger partial charge in [-0.2, -0.15) is 0 Å². The van der Waals surface area contributed by atoms with Gasteiger partial charge in [-0.25, -0.2) is 0 Å². The number of para-hydroxylation sites is 5. The van der Waals surface area contributed by atoms with Crippen LogP contribution >= 0.6 is 11.8 Å². The lowest BCUT2D eigenvalue weighted by atomic mass is 9.75. The third-order valence-electron chi connectivity index (χ3n) is 17.3. The molecule has 8 unspecified atom stereocenters. The summed E-state index contributed by atoms with van der Waals surface area (Å²) in [6.45, 7) is 28.1. The fourth-order valence-electron chi connectivity index (χ4n) is 14.8. The predicted octanol–water partition coefficient (Wildman–Crippen LogP) is 17.4. The minimum atomic E-state index is 0.153. The Morgan fingerprint density at radius 2 is 0.873 bits per heavy atom. The number of anilines is 4. The second-order valence-electron chi connectivity index (χ2n) is 26.6. The lowest BCUT2D eigenvalue weighted by Gasteiger charge is -2.52. The van der Waals surface area contributed by atoms with Crippen LogP contribution in [0.4, 0.5) is 22.7 Å². The molecule has 386 valence electrons. The van der Waals surface area contributed by atoms with Crippen molar-refractivity contribution in [3.63, 3.8) is 0 Å². The van der Waals surface area contributed by atoms with E-state index in [0.717, 1.165) is 41.0 Å². The first-order valence-corrected chi connectivity index (χ1v) is 29.5. The summed E-state index contributed by atoms with van der Waals surface area (Å²) in [4.78, 5) is 12.2. The molecule has 6 heteroatoms. The molecular weight excluding hydrogens is 885 g/mol. The molecule has 4 aromatic rings. The van der Waals surface area contributed by atoms with E-state index in [1.54, 1.807) is 11.1 Å². The zero-order valence-electron chi connectivity index (χ0n) is 46.5. The second-order valence-corrected chi connectivity index (χ2v) is 27.9. The molecule has 0 amide bonds. The van der Waals surface area contributed by atoms with E-state index in [1.807, 2.05) is 0 Å². The number of ether oxygens (including phenoxy) is 1. The first-order chi connectivity index (χ1) is 33.8. The van der Waals surface area contributed by atoms with Crippen molar-refractivity contribution in [1.82, 2.24) is 0 Å². The third kappa shape index (κ3) is 11.2. The average Bonchev–Trinajstić information content (AvgIpc) is 3.69. The maximum atomic E-state index is 6.22. The van der Waals surface area contributed by atoms with Crippen LogP contribution in [0.1, 0.15) is 203 Å². The molecule has 12 rings (SSSR count). The number of rotatable bonds is 0. The van der Waals surface area contributed by atoms with Gasteiger partial charge in [0.15, 0.2) is 0 Å². The molecule has 4 saturated carbocycles. The van der Waals surface area contributed by atoms with Gasteiger partial charge in [0, 0.05) is 67.7 Å². The summed E-state index contributed by atoms with van der Waals surface area (Å²) < 4.78 is 6.22. The molecule has 4 fully saturated rings. The van der Waals surface area contributed by atoms with Crippen molar-refractivity contribution in [3.05, 3.63) is 108 Å². The molecule has 0 N–H and O–H groups in total. The van der Waals surface area contributed by atoms with Crippen molar-refractivity contribution in [2.75, 3.05) is 19.6 Å². The topological polar surface area (TPSA) is 22.2 Å². The maximum absolute atomic E-state index is 6.22. The summed E-state index contributed by atoms with van der Waals surface area (Å²) in [6.07, 6.45) is 23.6. The zero-order valence-corrected chi connectivity index (χ0v) is 47.3. The molecule has 0 radical (unpaired) electrons. The second kappa shape index (κ2) is 21.2. The lowest BCUT2D eigenvalue weighted by molar-refractivity contribution is 0.103. The monoisotopic (exact) mass is 979 g/mol. The van der Waals surface area contributed by atoms with Crippen LogP contribution < -0.4 is 24.3 Å². The SMILES string of the molecule is CC(C)(C)N1c2ccccc2C2CCCCC21.CC(C)(C)N1c2ccccc2CC2CCCCC21.CC(C)(C)N1c2ccccc2OC2CCCCC21.CC(C)(C)N1c2ccccc2SC2CCCCC21. The Hall–Kier alpha value is -3.77.